The number of hydrogen-bond donors (Lipinski definition) is 3. The third kappa shape index (κ3) is 6.89. The van der Waals surface area contributed by atoms with Gasteiger partial charge in [-0.05, 0) is 30.2 Å². The standard InChI is InChI=1S/C16H23F3N4O/c1-11(2)10-23-15(20-3)22-9-8-21-14(24)12-4-6-13(7-5-12)16(17,18)19/h4-7,11H,8-10H2,1-3H3,(H,21,24)(H2,20,22,23). The molecule has 24 heavy (non-hydrogen) atoms. The van der Waals surface area contributed by atoms with Crippen molar-refractivity contribution in [2.45, 2.75) is 20.0 Å². The second kappa shape index (κ2) is 9.14. The summed E-state index contributed by atoms with van der Waals surface area (Å²) in [6.45, 7) is 5.69. The van der Waals surface area contributed by atoms with Crippen LogP contribution in [-0.4, -0.2) is 38.5 Å². The first-order chi connectivity index (χ1) is 11.2. The van der Waals surface area contributed by atoms with Gasteiger partial charge in [-0.15, -0.1) is 0 Å². The molecule has 0 aliphatic heterocycles. The first-order valence-electron chi connectivity index (χ1n) is 7.64. The van der Waals surface area contributed by atoms with Gasteiger partial charge >= 0.3 is 6.18 Å². The number of amides is 1. The summed E-state index contributed by atoms with van der Waals surface area (Å²) in [7, 11) is 1.65. The molecule has 0 saturated carbocycles. The van der Waals surface area contributed by atoms with Crippen LogP contribution in [0.4, 0.5) is 13.2 Å². The minimum Gasteiger partial charge on any atom is -0.356 e. The summed E-state index contributed by atoms with van der Waals surface area (Å²) in [5, 5.41) is 8.80. The molecule has 0 aliphatic carbocycles. The Morgan fingerprint density at radius 2 is 1.67 bits per heavy atom. The van der Waals surface area contributed by atoms with Gasteiger partial charge in [0.05, 0.1) is 5.56 Å². The fourth-order valence-corrected chi connectivity index (χ4v) is 1.79. The molecule has 1 amide bonds. The molecule has 3 N–H and O–H groups in total. The molecule has 0 radical (unpaired) electrons. The van der Waals surface area contributed by atoms with Gasteiger partial charge in [0.2, 0.25) is 0 Å². The van der Waals surface area contributed by atoms with Crippen molar-refractivity contribution in [3.05, 3.63) is 35.4 Å². The highest BCUT2D eigenvalue weighted by Crippen LogP contribution is 2.28. The van der Waals surface area contributed by atoms with Crippen LogP contribution in [0.1, 0.15) is 29.8 Å². The molecule has 0 bridgehead atoms. The Hall–Kier alpha value is -2.25. The molecule has 0 aromatic heterocycles. The fraction of sp³-hybridized carbons (Fsp3) is 0.500. The molecule has 1 aromatic rings. The van der Waals surface area contributed by atoms with Crippen LogP contribution < -0.4 is 16.0 Å². The zero-order valence-electron chi connectivity index (χ0n) is 14.0. The van der Waals surface area contributed by atoms with E-state index in [2.05, 4.69) is 34.8 Å². The van der Waals surface area contributed by atoms with Gasteiger partial charge in [0.15, 0.2) is 5.96 Å². The van der Waals surface area contributed by atoms with Crippen molar-refractivity contribution in [3.8, 4) is 0 Å². The Bertz CT molecular complexity index is 553. The van der Waals surface area contributed by atoms with Crippen LogP contribution in [0.5, 0.6) is 0 Å². The van der Waals surface area contributed by atoms with Crippen molar-refractivity contribution < 1.29 is 18.0 Å². The Morgan fingerprint density at radius 3 is 2.17 bits per heavy atom. The first kappa shape index (κ1) is 19.8. The van der Waals surface area contributed by atoms with E-state index in [9.17, 15) is 18.0 Å². The molecule has 134 valence electrons. The van der Waals surface area contributed by atoms with Crippen molar-refractivity contribution in [1.29, 1.82) is 0 Å². The zero-order chi connectivity index (χ0) is 18.2. The van der Waals surface area contributed by atoms with Gasteiger partial charge in [-0.3, -0.25) is 9.79 Å². The second-order valence-corrected chi connectivity index (χ2v) is 5.60. The number of carbonyl (C=O) groups excluding carboxylic acids is 1. The highest BCUT2D eigenvalue weighted by atomic mass is 19.4. The van der Waals surface area contributed by atoms with E-state index in [1.54, 1.807) is 7.05 Å². The lowest BCUT2D eigenvalue weighted by Crippen LogP contribution is -2.42. The predicted octanol–water partition coefficient (Wildman–Crippen LogP) is 2.26. The van der Waals surface area contributed by atoms with Crippen molar-refractivity contribution in [3.63, 3.8) is 0 Å². The average Bonchev–Trinajstić information content (AvgIpc) is 2.53. The second-order valence-electron chi connectivity index (χ2n) is 5.60. The minimum atomic E-state index is -4.40. The Labute approximate surface area is 139 Å². The number of halogens is 3. The Balaban J connectivity index is 2.38. The molecular formula is C16H23F3N4O. The topological polar surface area (TPSA) is 65.5 Å². The van der Waals surface area contributed by atoms with Crippen LogP contribution >= 0.6 is 0 Å². The van der Waals surface area contributed by atoms with Gasteiger partial charge in [0.1, 0.15) is 0 Å². The van der Waals surface area contributed by atoms with E-state index < -0.39 is 17.6 Å². The van der Waals surface area contributed by atoms with Gasteiger partial charge in [-0.1, -0.05) is 13.8 Å². The van der Waals surface area contributed by atoms with Crippen LogP contribution in [-0.2, 0) is 6.18 Å². The third-order valence-electron chi connectivity index (χ3n) is 3.08. The maximum Gasteiger partial charge on any atom is 0.416 e. The normalized spacial score (nSPS) is 12.2. The lowest BCUT2D eigenvalue weighted by atomic mass is 10.1. The summed E-state index contributed by atoms with van der Waals surface area (Å²) >= 11 is 0. The molecule has 1 rings (SSSR count). The average molecular weight is 344 g/mol. The van der Waals surface area contributed by atoms with Gasteiger partial charge in [-0.25, -0.2) is 0 Å². The summed E-state index contributed by atoms with van der Waals surface area (Å²) in [6.07, 6.45) is -4.40. The van der Waals surface area contributed by atoms with E-state index in [-0.39, 0.29) is 5.56 Å². The number of carbonyl (C=O) groups is 1. The quantitative estimate of drug-likeness (QED) is 0.421. The molecule has 0 atom stereocenters. The van der Waals surface area contributed by atoms with Gasteiger partial charge in [0.25, 0.3) is 5.91 Å². The SMILES string of the molecule is CN=C(NCCNC(=O)c1ccc(C(F)(F)F)cc1)NCC(C)C. The number of benzene rings is 1. The number of nitrogens with one attached hydrogen (secondary N) is 3. The van der Waals surface area contributed by atoms with Crippen molar-refractivity contribution >= 4 is 11.9 Å². The number of alkyl halides is 3. The molecule has 0 unspecified atom stereocenters. The summed E-state index contributed by atoms with van der Waals surface area (Å²) in [6, 6.07) is 4.11. The van der Waals surface area contributed by atoms with Crippen molar-refractivity contribution in [1.82, 2.24) is 16.0 Å². The van der Waals surface area contributed by atoms with E-state index in [1.807, 2.05) is 0 Å². The maximum absolute atomic E-state index is 12.5. The van der Waals surface area contributed by atoms with Crippen LogP contribution in [0.2, 0.25) is 0 Å². The highest BCUT2D eigenvalue weighted by molar-refractivity contribution is 5.94. The van der Waals surface area contributed by atoms with E-state index in [0.717, 1.165) is 30.8 Å². The largest absolute Gasteiger partial charge is 0.416 e. The Morgan fingerprint density at radius 1 is 1.08 bits per heavy atom. The fourth-order valence-electron chi connectivity index (χ4n) is 1.79. The maximum atomic E-state index is 12.5. The van der Waals surface area contributed by atoms with Crippen LogP contribution in [0.25, 0.3) is 0 Å². The monoisotopic (exact) mass is 344 g/mol. The highest BCUT2D eigenvalue weighted by Gasteiger charge is 2.30. The predicted molar refractivity (Wildman–Crippen MR) is 88.0 cm³/mol. The summed E-state index contributed by atoms with van der Waals surface area (Å²) in [4.78, 5) is 15.9. The summed E-state index contributed by atoms with van der Waals surface area (Å²) < 4.78 is 37.4. The lowest BCUT2D eigenvalue weighted by molar-refractivity contribution is -0.137. The minimum absolute atomic E-state index is 0.185. The van der Waals surface area contributed by atoms with Crippen LogP contribution in [0.15, 0.2) is 29.3 Å². The number of rotatable bonds is 6. The molecule has 8 heteroatoms. The first-order valence-corrected chi connectivity index (χ1v) is 7.64. The molecule has 1 aromatic carbocycles. The number of aliphatic imine (C=N–C) groups is 1. The van der Waals surface area contributed by atoms with Crippen LogP contribution in [0.3, 0.4) is 0 Å². The molecule has 0 saturated heterocycles. The molecular weight excluding hydrogens is 321 g/mol. The van der Waals surface area contributed by atoms with Gasteiger partial charge < -0.3 is 16.0 Å². The van der Waals surface area contributed by atoms with Crippen LogP contribution in [0, 0.1) is 5.92 Å². The number of hydrogen-bond acceptors (Lipinski definition) is 2. The van der Waals surface area contributed by atoms with E-state index >= 15 is 0 Å². The molecule has 0 heterocycles. The van der Waals surface area contributed by atoms with Crippen molar-refractivity contribution in [2.75, 3.05) is 26.7 Å². The molecule has 0 fully saturated rings. The molecule has 5 nitrogen and oxygen atoms in total. The summed E-state index contributed by atoms with van der Waals surface area (Å²) in [5.41, 5.74) is -0.592. The summed E-state index contributed by atoms with van der Waals surface area (Å²) in [5.74, 6) is 0.686. The third-order valence-corrected chi connectivity index (χ3v) is 3.08. The number of nitrogens with zero attached hydrogens (tertiary/aromatic N) is 1. The van der Waals surface area contributed by atoms with E-state index in [0.29, 0.717) is 25.0 Å². The van der Waals surface area contributed by atoms with E-state index in [1.165, 1.54) is 0 Å². The van der Waals surface area contributed by atoms with Gasteiger partial charge in [-0.2, -0.15) is 13.2 Å². The van der Waals surface area contributed by atoms with Crippen molar-refractivity contribution in [2.24, 2.45) is 10.9 Å². The zero-order valence-corrected chi connectivity index (χ0v) is 14.0. The van der Waals surface area contributed by atoms with E-state index in [4.69, 9.17) is 0 Å². The lowest BCUT2D eigenvalue weighted by Gasteiger charge is -2.13. The van der Waals surface area contributed by atoms with Gasteiger partial charge in [0, 0.05) is 32.2 Å². The molecule has 0 aliphatic rings. The smallest absolute Gasteiger partial charge is 0.356 e. The molecule has 0 spiro atoms. The Kier molecular flexibility index (Phi) is 7.54. The number of guanidine groups is 1.